The smallest absolute Gasteiger partial charge is 0.310 e. The summed E-state index contributed by atoms with van der Waals surface area (Å²) in [6, 6.07) is 8.15. The van der Waals surface area contributed by atoms with E-state index in [2.05, 4.69) is 29.4 Å². The number of hydrogen-bond acceptors (Lipinski definition) is 5. The van der Waals surface area contributed by atoms with Crippen molar-refractivity contribution in [2.45, 2.75) is 90.3 Å². The molecular formula is C33H45Cl2N3O4. The van der Waals surface area contributed by atoms with Crippen LogP contribution in [-0.2, 0) is 25.5 Å². The Hall–Kier alpha value is -2.25. The average molecular weight is 619 g/mol. The number of benzene rings is 1. The number of ether oxygens (including phenoxy) is 1. The highest BCUT2D eigenvalue weighted by molar-refractivity contribution is 6.18. The van der Waals surface area contributed by atoms with Gasteiger partial charge in [-0.1, -0.05) is 31.6 Å². The van der Waals surface area contributed by atoms with Crippen molar-refractivity contribution < 1.29 is 19.1 Å². The lowest BCUT2D eigenvalue weighted by Crippen LogP contribution is -2.58. The number of carbonyl (C=O) groups is 3. The van der Waals surface area contributed by atoms with E-state index >= 15 is 0 Å². The highest BCUT2D eigenvalue weighted by Gasteiger charge is 2.59. The minimum Gasteiger partial charge on any atom is -0.462 e. The van der Waals surface area contributed by atoms with Crippen LogP contribution in [0.4, 0.5) is 5.69 Å². The van der Waals surface area contributed by atoms with Gasteiger partial charge in [0.2, 0.25) is 11.8 Å². The Balaban J connectivity index is 1.22. The second-order valence-electron chi connectivity index (χ2n) is 13.3. The van der Waals surface area contributed by atoms with Crippen molar-refractivity contribution in [3.8, 4) is 0 Å². The van der Waals surface area contributed by atoms with Gasteiger partial charge >= 0.3 is 5.97 Å². The summed E-state index contributed by atoms with van der Waals surface area (Å²) in [5.41, 5.74) is 2.91. The Morgan fingerprint density at radius 1 is 1.02 bits per heavy atom. The number of nitrogens with one attached hydrogen (secondary N) is 2. The molecule has 0 radical (unpaired) electrons. The molecule has 1 aliphatic heterocycles. The Morgan fingerprint density at radius 2 is 1.74 bits per heavy atom. The van der Waals surface area contributed by atoms with Crippen molar-refractivity contribution in [1.82, 2.24) is 10.6 Å². The van der Waals surface area contributed by atoms with Crippen LogP contribution in [0.1, 0.15) is 71.3 Å². The first-order chi connectivity index (χ1) is 20.1. The maximum atomic E-state index is 13.2. The largest absolute Gasteiger partial charge is 0.462 e. The molecule has 0 bridgehead atoms. The molecule has 2 amide bonds. The first-order valence-electron chi connectivity index (χ1n) is 15.5. The molecule has 0 spiro atoms. The lowest BCUT2D eigenvalue weighted by Gasteiger charge is -2.54. The maximum absolute atomic E-state index is 13.2. The third-order valence-corrected chi connectivity index (χ3v) is 11.2. The molecule has 3 saturated carbocycles. The monoisotopic (exact) mass is 617 g/mol. The molecule has 3 aliphatic carbocycles. The molecule has 3 fully saturated rings. The highest BCUT2D eigenvalue weighted by Crippen LogP contribution is 2.60. The SMILES string of the molecule is CC(=O)N[C@H]1CC[C@H]2[C@@H]3NC(=O)C=C4C[C@@H](OC(=O)Cc5ccc(N(CCCl)CCCl)cc5)CC[C@]4(C)[C@H]3CC[C@]12C. The molecule has 2 N–H and O–H groups in total. The molecule has 1 aromatic rings. The van der Waals surface area contributed by atoms with E-state index < -0.39 is 0 Å². The number of hydrogen-bond donors (Lipinski definition) is 2. The Kier molecular flexibility index (Phi) is 9.48. The topological polar surface area (TPSA) is 87.7 Å². The van der Waals surface area contributed by atoms with E-state index in [9.17, 15) is 14.4 Å². The zero-order valence-electron chi connectivity index (χ0n) is 25.1. The van der Waals surface area contributed by atoms with E-state index in [-0.39, 0.29) is 53.2 Å². The first-order valence-corrected chi connectivity index (χ1v) is 16.6. The van der Waals surface area contributed by atoms with Crippen LogP contribution in [0, 0.1) is 22.7 Å². The van der Waals surface area contributed by atoms with Gasteiger partial charge < -0.3 is 20.3 Å². The van der Waals surface area contributed by atoms with Gasteiger partial charge in [0.25, 0.3) is 0 Å². The number of anilines is 1. The summed E-state index contributed by atoms with van der Waals surface area (Å²) < 4.78 is 6.00. The zero-order chi connectivity index (χ0) is 30.1. The molecule has 7 nitrogen and oxygen atoms in total. The van der Waals surface area contributed by atoms with E-state index in [0.717, 1.165) is 55.3 Å². The van der Waals surface area contributed by atoms with Crippen LogP contribution >= 0.6 is 23.2 Å². The van der Waals surface area contributed by atoms with Crippen LogP contribution in [0.2, 0.25) is 0 Å². The number of halogens is 2. The number of alkyl halides is 2. The molecule has 1 heterocycles. The van der Waals surface area contributed by atoms with E-state index in [1.54, 1.807) is 13.0 Å². The van der Waals surface area contributed by atoms with Crippen LogP contribution < -0.4 is 15.5 Å². The predicted octanol–water partition coefficient (Wildman–Crippen LogP) is 5.37. The number of esters is 1. The van der Waals surface area contributed by atoms with Gasteiger partial charge in [-0.25, -0.2) is 0 Å². The third-order valence-electron chi connectivity index (χ3n) is 10.9. The fourth-order valence-electron chi connectivity index (χ4n) is 8.65. The maximum Gasteiger partial charge on any atom is 0.310 e. The van der Waals surface area contributed by atoms with Crippen LogP contribution in [0.15, 0.2) is 35.9 Å². The normalized spacial score (nSPS) is 33.7. The van der Waals surface area contributed by atoms with E-state index in [0.29, 0.717) is 43.1 Å². The summed E-state index contributed by atoms with van der Waals surface area (Å²) in [5, 5.41) is 6.60. The lowest BCUT2D eigenvalue weighted by atomic mass is 9.53. The van der Waals surface area contributed by atoms with Crippen LogP contribution in [0.5, 0.6) is 0 Å². The fraction of sp³-hybridized carbons (Fsp3) is 0.667. The van der Waals surface area contributed by atoms with Crippen molar-refractivity contribution >= 4 is 46.7 Å². The Morgan fingerprint density at radius 3 is 2.40 bits per heavy atom. The Bertz CT molecular complexity index is 1200. The highest BCUT2D eigenvalue weighted by atomic mass is 35.5. The minimum atomic E-state index is -0.241. The molecule has 5 rings (SSSR count). The molecule has 0 aromatic heterocycles. The van der Waals surface area contributed by atoms with E-state index in [4.69, 9.17) is 27.9 Å². The summed E-state index contributed by atoms with van der Waals surface area (Å²) in [6.45, 7) is 7.63. The summed E-state index contributed by atoms with van der Waals surface area (Å²) in [4.78, 5) is 40.2. The second-order valence-corrected chi connectivity index (χ2v) is 14.0. The van der Waals surface area contributed by atoms with Gasteiger partial charge in [-0.15, -0.1) is 23.2 Å². The summed E-state index contributed by atoms with van der Waals surface area (Å²) in [6.07, 6.45) is 8.05. The van der Waals surface area contributed by atoms with Gasteiger partial charge in [-0.05, 0) is 78.9 Å². The van der Waals surface area contributed by atoms with Crippen molar-refractivity contribution in [2.75, 3.05) is 29.7 Å². The number of rotatable bonds is 9. The van der Waals surface area contributed by atoms with Crippen LogP contribution in [-0.4, -0.2) is 60.8 Å². The lowest BCUT2D eigenvalue weighted by molar-refractivity contribution is -0.150. The van der Waals surface area contributed by atoms with Gasteiger partial charge in [-0.3, -0.25) is 14.4 Å². The molecule has 230 valence electrons. The van der Waals surface area contributed by atoms with Crippen molar-refractivity contribution in [1.29, 1.82) is 0 Å². The van der Waals surface area contributed by atoms with E-state index in [1.165, 1.54) is 0 Å². The average Bonchev–Trinajstić information content (AvgIpc) is 3.21. The molecule has 9 heteroatoms. The zero-order valence-corrected chi connectivity index (χ0v) is 26.6. The van der Waals surface area contributed by atoms with Crippen LogP contribution in [0.3, 0.4) is 0 Å². The number of nitrogens with zero attached hydrogens (tertiary/aromatic N) is 1. The van der Waals surface area contributed by atoms with Crippen molar-refractivity contribution in [3.63, 3.8) is 0 Å². The summed E-state index contributed by atoms with van der Waals surface area (Å²) in [5.74, 6) is 1.44. The number of carbonyl (C=O) groups excluding carboxylic acids is 3. The predicted molar refractivity (Wildman–Crippen MR) is 167 cm³/mol. The van der Waals surface area contributed by atoms with Crippen LogP contribution in [0.25, 0.3) is 0 Å². The fourth-order valence-corrected chi connectivity index (χ4v) is 9.05. The summed E-state index contributed by atoms with van der Waals surface area (Å²) in [7, 11) is 0. The van der Waals surface area contributed by atoms with Crippen molar-refractivity contribution in [3.05, 3.63) is 41.5 Å². The van der Waals surface area contributed by atoms with E-state index in [1.807, 2.05) is 24.3 Å². The molecule has 0 unspecified atom stereocenters. The molecule has 42 heavy (non-hydrogen) atoms. The molecule has 1 aromatic carbocycles. The molecule has 0 saturated heterocycles. The standard InChI is InChI=1S/C33H45Cl2N3O4/c1-21(39)36-28-9-8-26-31-27(11-13-33(26,28)3)32(2)12-10-25(19-23(32)20-29(40)37-31)42-30(41)18-22-4-6-24(7-5-22)38(16-14-34)17-15-35/h4-7,20,25-28,31H,8-19H2,1-3H3,(H,36,39)(H,37,40)/t25-,26-,27-,28-,31-,32-,33-/m0/s1. The van der Waals surface area contributed by atoms with Gasteiger partial charge in [-0.2, -0.15) is 0 Å². The molecule has 7 atom stereocenters. The number of fused-ring (bicyclic) bond motifs is 5. The number of amides is 2. The third kappa shape index (κ3) is 6.19. The van der Waals surface area contributed by atoms with Gasteiger partial charge in [0.15, 0.2) is 0 Å². The van der Waals surface area contributed by atoms with Gasteiger partial charge in [0, 0.05) is 62.0 Å². The minimum absolute atomic E-state index is 0.0155. The van der Waals surface area contributed by atoms with Crippen molar-refractivity contribution in [2.24, 2.45) is 22.7 Å². The molecular weight excluding hydrogens is 573 g/mol. The second kappa shape index (κ2) is 12.8. The van der Waals surface area contributed by atoms with Gasteiger partial charge in [0.05, 0.1) is 6.42 Å². The Labute approximate surface area is 260 Å². The first kappa shape index (κ1) is 31.2. The van der Waals surface area contributed by atoms with Gasteiger partial charge in [0.1, 0.15) is 6.10 Å². The molecule has 4 aliphatic rings. The summed E-state index contributed by atoms with van der Waals surface area (Å²) >= 11 is 11.9. The quantitative estimate of drug-likeness (QED) is 0.287.